The summed E-state index contributed by atoms with van der Waals surface area (Å²) in [7, 11) is 1.83. The van der Waals surface area contributed by atoms with Gasteiger partial charge in [-0.2, -0.15) is 10.1 Å². The van der Waals surface area contributed by atoms with Gasteiger partial charge in [0.2, 0.25) is 5.91 Å². The van der Waals surface area contributed by atoms with E-state index in [0.29, 0.717) is 65.2 Å². The highest BCUT2D eigenvalue weighted by atomic mass is 35.5. The van der Waals surface area contributed by atoms with Crippen LogP contribution >= 0.6 is 11.6 Å². The molecule has 1 unspecified atom stereocenters. The van der Waals surface area contributed by atoms with Crippen LogP contribution in [0.1, 0.15) is 36.6 Å². The molecule has 1 amide bonds. The van der Waals surface area contributed by atoms with Crippen LogP contribution in [0.5, 0.6) is 0 Å². The number of fused-ring (bicyclic) bond motifs is 3. The van der Waals surface area contributed by atoms with Crippen LogP contribution < -0.4 is 15.5 Å². The Morgan fingerprint density at radius 2 is 1.91 bits per heavy atom. The molecule has 2 aromatic carbocycles. The molecule has 0 spiro atoms. The number of rotatable bonds is 4. The molecular formula is C34H34ClFN8O2. The van der Waals surface area contributed by atoms with Crippen molar-refractivity contribution in [1.82, 2.24) is 29.6 Å². The molecule has 7 rings (SSSR count). The lowest BCUT2D eigenvalue weighted by atomic mass is 9.94. The molecule has 2 aliphatic heterocycles. The van der Waals surface area contributed by atoms with E-state index in [0.717, 1.165) is 16.6 Å². The number of carbonyl (C=O) groups is 1. The van der Waals surface area contributed by atoms with E-state index in [2.05, 4.69) is 26.7 Å². The normalized spacial score (nSPS) is 16.3. The Morgan fingerprint density at radius 3 is 2.65 bits per heavy atom. The summed E-state index contributed by atoms with van der Waals surface area (Å²) in [5.74, 6) is -0.374. The zero-order valence-electron chi connectivity index (χ0n) is 26.4. The molecule has 0 bridgehead atoms. The Morgan fingerprint density at radius 1 is 1.13 bits per heavy atom. The Balaban J connectivity index is 1.65. The summed E-state index contributed by atoms with van der Waals surface area (Å²) in [4.78, 5) is 42.0. The number of aromatic nitrogens is 5. The van der Waals surface area contributed by atoms with Crippen molar-refractivity contribution in [3.63, 3.8) is 0 Å². The predicted octanol–water partition coefficient (Wildman–Crippen LogP) is 5.51. The molecule has 3 aromatic heterocycles. The molecule has 0 saturated carbocycles. The van der Waals surface area contributed by atoms with Crippen molar-refractivity contribution in [3.8, 4) is 16.8 Å². The van der Waals surface area contributed by atoms with E-state index in [-0.39, 0.29) is 34.1 Å². The third kappa shape index (κ3) is 4.32. The number of piperazine rings is 1. The topological polar surface area (TPSA) is 103 Å². The molecule has 5 heterocycles. The molecular weight excluding hydrogens is 607 g/mol. The quantitative estimate of drug-likeness (QED) is 0.259. The summed E-state index contributed by atoms with van der Waals surface area (Å²) in [6.07, 6.45) is 4.69. The van der Waals surface area contributed by atoms with E-state index in [1.54, 1.807) is 17.3 Å². The number of aromatic amines is 1. The second kappa shape index (κ2) is 10.9. The number of pyridine rings is 1. The smallest absolute Gasteiger partial charge is 0.354 e. The average molecular weight is 641 g/mol. The maximum atomic E-state index is 17.5. The molecule has 1 atom stereocenters. The standard InChI is InChI=1S/C34H34ClFN8O2/c1-7-23(45)42-12-13-43-20(16-42)15-41(6)32-26-31(27(35)25(28(32)36)24-18(4)8-9-22-21(24)14-38-40-22)44(34(46)39-33(26)43)30-19(5)10-11-37-29(30)17(2)3/h7-11,14,17,20H,1,12-13,15-16H2,2-6H3,(H,38,40). The summed E-state index contributed by atoms with van der Waals surface area (Å²) in [5.41, 5.74) is 4.50. The Bertz CT molecular complexity index is 2160. The second-order valence-corrected chi connectivity index (χ2v) is 12.8. The minimum absolute atomic E-state index is 0.0326. The number of nitrogens with one attached hydrogen (secondary N) is 1. The molecule has 1 N–H and O–H groups in total. The summed E-state index contributed by atoms with van der Waals surface area (Å²) in [6, 6.07) is 5.37. The van der Waals surface area contributed by atoms with Gasteiger partial charge in [-0.25, -0.2) is 9.18 Å². The van der Waals surface area contributed by atoms with Crippen molar-refractivity contribution in [2.75, 3.05) is 43.0 Å². The monoisotopic (exact) mass is 640 g/mol. The highest BCUT2D eigenvalue weighted by Gasteiger charge is 2.39. The van der Waals surface area contributed by atoms with Crippen molar-refractivity contribution >= 4 is 50.8 Å². The molecule has 1 saturated heterocycles. The zero-order valence-corrected chi connectivity index (χ0v) is 27.1. The van der Waals surface area contributed by atoms with E-state index >= 15 is 4.39 Å². The van der Waals surface area contributed by atoms with Gasteiger partial charge in [0.1, 0.15) is 5.82 Å². The van der Waals surface area contributed by atoms with Gasteiger partial charge in [-0.1, -0.05) is 38.1 Å². The van der Waals surface area contributed by atoms with Gasteiger partial charge in [-0.15, -0.1) is 0 Å². The molecule has 236 valence electrons. The third-order valence-corrected chi connectivity index (χ3v) is 9.65. The Labute approximate surface area is 270 Å². The number of amides is 1. The average Bonchev–Trinajstić information content (AvgIpc) is 3.46. The highest BCUT2D eigenvalue weighted by Crippen LogP contribution is 2.49. The molecule has 5 aromatic rings. The Kier molecular flexibility index (Phi) is 7.11. The van der Waals surface area contributed by atoms with Crippen LogP contribution in [0.15, 0.2) is 48.0 Å². The number of carbonyl (C=O) groups excluding carboxylic acids is 1. The number of hydrogen-bond acceptors (Lipinski definition) is 7. The van der Waals surface area contributed by atoms with Gasteiger partial charge in [0.15, 0.2) is 5.82 Å². The van der Waals surface area contributed by atoms with Crippen LogP contribution in [-0.2, 0) is 4.79 Å². The SMILES string of the molecule is C=CC(=O)N1CCN2c3nc(=O)n(-c4c(C)ccnc4C(C)C)c4c(Cl)c(-c5c(C)ccc6[nH]ncc56)c(F)c(c34)N(C)CC2C1. The number of benzene rings is 2. The van der Waals surface area contributed by atoms with Gasteiger partial charge >= 0.3 is 5.69 Å². The maximum absolute atomic E-state index is 17.5. The highest BCUT2D eigenvalue weighted by molar-refractivity contribution is 6.39. The van der Waals surface area contributed by atoms with Gasteiger partial charge in [0, 0.05) is 55.9 Å². The number of nitrogens with zero attached hydrogens (tertiary/aromatic N) is 7. The fraction of sp³-hybridized carbons (Fsp3) is 0.324. The molecule has 2 aliphatic rings. The molecule has 1 fully saturated rings. The third-order valence-electron chi connectivity index (χ3n) is 9.28. The van der Waals surface area contributed by atoms with Gasteiger partial charge in [-0.05, 0) is 49.1 Å². The molecule has 10 nitrogen and oxygen atoms in total. The number of halogens is 2. The number of aryl methyl sites for hydroxylation is 2. The van der Waals surface area contributed by atoms with Crippen LogP contribution in [0, 0.1) is 19.7 Å². The van der Waals surface area contributed by atoms with Crippen molar-refractivity contribution < 1.29 is 9.18 Å². The molecule has 12 heteroatoms. The van der Waals surface area contributed by atoms with Gasteiger partial charge in [-0.3, -0.25) is 19.4 Å². The first-order chi connectivity index (χ1) is 22.0. The van der Waals surface area contributed by atoms with E-state index in [4.69, 9.17) is 11.6 Å². The largest absolute Gasteiger partial charge is 0.369 e. The van der Waals surface area contributed by atoms with Gasteiger partial charge in [0.25, 0.3) is 0 Å². The van der Waals surface area contributed by atoms with Crippen molar-refractivity contribution in [2.45, 2.75) is 39.7 Å². The van der Waals surface area contributed by atoms with E-state index in [9.17, 15) is 9.59 Å². The van der Waals surface area contributed by atoms with Crippen LogP contribution in [0.25, 0.3) is 38.6 Å². The number of H-pyrrole nitrogens is 1. The summed E-state index contributed by atoms with van der Waals surface area (Å²) < 4.78 is 19.0. The lowest BCUT2D eigenvalue weighted by molar-refractivity contribution is -0.126. The summed E-state index contributed by atoms with van der Waals surface area (Å²) >= 11 is 7.44. The zero-order chi connectivity index (χ0) is 32.6. The van der Waals surface area contributed by atoms with Crippen molar-refractivity contribution in [2.24, 2.45) is 0 Å². The van der Waals surface area contributed by atoms with Gasteiger partial charge < -0.3 is 14.7 Å². The first-order valence-corrected chi connectivity index (χ1v) is 15.7. The minimum Gasteiger partial charge on any atom is -0.369 e. The number of hydrogen-bond donors (Lipinski definition) is 1. The summed E-state index contributed by atoms with van der Waals surface area (Å²) in [5, 5.41) is 8.45. The first-order valence-electron chi connectivity index (χ1n) is 15.3. The minimum atomic E-state index is -0.544. The lowest BCUT2D eigenvalue weighted by Gasteiger charge is -2.41. The molecule has 0 radical (unpaired) electrons. The predicted molar refractivity (Wildman–Crippen MR) is 180 cm³/mol. The molecule has 0 aliphatic carbocycles. The second-order valence-electron chi connectivity index (χ2n) is 12.4. The van der Waals surface area contributed by atoms with Crippen LogP contribution in [-0.4, -0.2) is 74.8 Å². The van der Waals surface area contributed by atoms with Crippen molar-refractivity contribution in [1.29, 1.82) is 0 Å². The first kappa shape index (κ1) is 29.9. The summed E-state index contributed by atoms with van der Waals surface area (Å²) in [6.45, 7) is 13.0. The van der Waals surface area contributed by atoms with Crippen LogP contribution in [0.3, 0.4) is 0 Å². The molecule has 46 heavy (non-hydrogen) atoms. The number of anilines is 2. The van der Waals surface area contributed by atoms with E-state index in [1.807, 2.05) is 62.7 Å². The van der Waals surface area contributed by atoms with Gasteiger partial charge in [0.05, 0.1) is 50.7 Å². The van der Waals surface area contributed by atoms with Crippen LogP contribution in [0.2, 0.25) is 5.02 Å². The van der Waals surface area contributed by atoms with Crippen LogP contribution in [0.4, 0.5) is 15.9 Å². The Hall–Kier alpha value is -4.77. The maximum Gasteiger partial charge on any atom is 0.354 e. The van der Waals surface area contributed by atoms with E-state index < -0.39 is 11.5 Å². The fourth-order valence-electron chi connectivity index (χ4n) is 7.14. The van der Waals surface area contributed by atoms with E-state index in [1.165, 1.54) is 10.6 Å². The van der Waals surface area contributed by atoms with Crippen molar-refractivity contribution in [3.05, 3.63) is 81.4 Å². The number of likely N-dealkylation sites (N-methyl/N-ethyl adjacent to an activating group) is 1. The fourth-order valence-corrected chi connectivity index (χ4v) is 7.50. The lowest BCUT2D eigenvalue weighted by Crippen LogP contribution is -2.57.